The van der Waals surface area contributed by atoms with Gasteiger partial charge in [-0.2, -0.15) is 0 Å². The second-order valence-corrected chi connectivity index (χ2v) is 5.27. The van der Waals surface area contributed by atoms with Crippen LogP contribution in [0.2, 0.25) is 0 Å². The van der Waals surface area contributed by atoms with E-state index in [1.54, 1.807) is 0 Å². The van der Waals surface area contributed by atoms with Gasteiger partial charge in [0.25, 0.3) is 0 Å². The minimum Gasteiger partial charge on any atom is -0.300 e. The molecular formula is C11H13NO3S. The Hall–Kier alpha value is -1.23. The summed E-state index contributed by atoms with van der Waals surface area (Å²) in [6.07, 6.45) is 2.42. The highest BCUT2D eigenvalue weighted by atomic mass is 32.1. The van der Waals surface area contributed by atoms with Crippen LogP contribution in [0.3, 0.4) is 0 Å². The van der Waals surface area contributed by atoms with Crippen molar-refractivity contribution in [1.29, 1.82) is 0 Å². The van der Waals surface area contributed by atoms with Gasteiger partial charge in [0, 0.05) is 22.6 Å². The third-order valence-corrected chi connectivity index (χ3v) is 4.24. The number of nitrogens with zero attached hydrogens (tertiary/aromatic N) is 1. The van der Waals surface area contributed by atoms with Crippen LogP contribution in [0, 0.1) is 10.1 Å². The molecule has 1 saturated carbocycles. The number of thiophene rings is 1. The molecule has 1 aromatic rings. The van der Waals surface area contributed by atoms with Crippen molar-refractivity contribution >= 4 is 17.1 Å². The summed E-state index contributed by atoms with van der Waals surface area (Å²) < 4.78 is 0. The average molecular weight is 239 g/mol. The molecule has 0 bridgehead atoms. The molecule has 86 valence electrons. The van der Waals surface area contributed by atoms with Gasteiger partial charge < -0.3 is 0 Å². The van der Waals surface area contributed by atoms with Crippen LogP contribution < -0.4 is 0 Å². The van der Waals surface area contributed by atoms with Crippen LogP contribution in [0.1, 0.15) is 30.6 Å². The highest BCUT2D eigenvalue weighted by Gasteiger charge is 2.42. The molecule has 1 atom stereocenters. The molecule has 1 heterocycles. The fourth-order valence-corrected chi connectivity index (χ4v) is 3.38. The number of ketones is 1. The third kappa shape index (κ3) is 2.14. The van der Waals surface area contributed by atoms with Gasteiger partial charge in [-0.3, -0.25) is 14.9 Å². The predicted octanol–water partition coefficient (Wildman–Crippen LogP) is 2.41. The average Bonchev–Trinajstić information content (AvgIpc) is 2.69. The van der Waals surface area contributed by atoms with Crippen LogP contribution in [0.15, 0.2) is 17.5 Å². The lowest BCUT2D eigenvalue weighted by Gasteiger charge is -2.31. The Kier molecular flexibility index (Phi) is 3.05. The van der Waals surface area contributed by atoms with Gasteiger partial charge in [0.05, 0.1) is 5.41 Å². The summed E-state index contributed by atoms with van der Waals surface area (Å²) in [4.78, 5) is 23.0. The van der Waals surface area contributed by atoms with Crippen LogP contribution in [-0.2, 0) is 10.2 Å². The lowest BCUT2D eigenvalue weighted by molar-refractivity contribution is -0.491. The van der Waals surface area contributed by atoms with Crippen LogP contribution in [-0.4, -0.2) is 17.3 Å². The van der Waals surface area contributed by atoms with Crippen LogP contribution >= 0.6 is 11.3 Å². The molecule has 0 aromatic carbocycles. The Bertz CT molecular complexity index is 397. The zero-order valence-electron chi connectivity index (χ0n) is 8.85. The molecule has 2 rings (SSSR count). The highest BCUT2D eigenvalue weighted by Crippen LogP contribution is 2.40. The van der Waals surface area contributed by atoms with Crippen molar-refractivity contribution in [3.63, 3.8) is 0 Å². The SMILES string of the molecule is O=C1CCC[C@](C[N+](=O)[O-])(c2cccs2)C1. The van der Waals surface area contributed by atoms with E-state index >= 15 is 0 Å². The van der Waals surface area contributed by atoms with Crippen molar-refractivity contribution in [1.82, 2.24) is 0 Å². The van der Waals surface area contributed by atoms with Gasteiger partial charge >= 0.3 is 0 Å². The zero-order valence-corrected chi connectivity index (χ0v) is 9.66. The maximum absolute atomic E-state index is 11.5. The molecule has 0 saturated heterocycles. The number of hydrogen-bond acceptors (Lipinski definition) is 4. The van der Waals surface area contributed by atoms with Crippen molar-refractivity contribution < 1.29 is 9.72 Å². The van der Waals surface area contributed by atoms with Crippen molar-refractivity contribution in [2.45, 2.75) is 31.1 Å². The van der Waals surface area contributed by atoms with Gasteiger partial charge in [-0.15, -0.1) is 11.3 Å². The first-order chi connectivity index (χ1) is 7.62. The van der Waals surface area contributed by atoms with Crippen molar-refractivity contribution in [2.75, 3.05) is 6.54 Å². The second-order valence-electron chi connectivity index (χ2n) is 4.32. The molecule has 1 aliphatic rings. The first kappa shape index (κ1) is 11.3. The molecule has 16 heavy (non-hydrogen) atoms. The summed E-state index contributed by atoms with van der Waals surface area (Å²) in [5.41, 5.74) is -0.535. The molecule has 1 fully saturated rings. The first-order valence-corrected chi connectivity index (χ1v) is 6.18. The van der Waals surface area contributed by atoms with Gasteiger partial charge in [-0.25, -0.2) is 0 Å². The quantitative estimate of drug-likeness (QED) is 0.601. The number of nitro groups is 1. The largest absolute Gasteiger partial charge is 0.300 e. The summed E-state index contributed by atoms with van der Waals surface area (Å²) in [6, 6.07) is 3.80. The van der Waals surface area contributed by atoms with E-state index in [-0.39, 0.29) is 17.3 Å². The standard InChI is InChI=1S/C11H13NO3S/c13-9-3-1-5-11(7-9,8-12(14)15)10-4-2-6-16-10/h2,4,6H,1,3,5,7-8H2/t11-/m0/s1. The Morgan fingerprint density at radius 1 is 1.56 bits per heavy atom. The van der Waals surface area contributed by atoms with E-state index < -0.39 is 5.41 Å². The normalized spacial score (nSPS) is 25.6. The molecule has 4 nitrogen and oxygen atoms in total. The number of carbonyl (C=O) groups is 1. The van der Waals surface area contributed by atoms with E-state index in [0.717, 1.165) is 17.7 Å². The number of Topliss-reactive ketones (excluding diaryl/α,β-unsaturated/α-hetero) is 1. The Morgan fingerprint density at radius 3 is 2.94 bits per heavy atom. The van der Waals surface area contributed by atoms with Gasteiger partial charge in [0.1, 0.15) is 5.78 Å². The van der Waals surface area contributed by atoms with Crippen LogP contribution in [0.4, 0.5) is 0 Å². The molecule has 1 aliphatic carbocycles. The molecule has 0 amide bonds. The minimum atomic E-state index is -0.535. The molecule has 0 spiro atoms. The first-order valence-electron chi connectivity index (χ1n) is 5.30. The number of hydrogen-bond donors (Lipinski definition) is 0. The van der Waals surface area contributed by atoms with Gasteiger partial charge in [-0.05, 0) is 24.3 Å². The predicted molar refractivity (Wildman–Crippen MR) is 61.3 cm³/mol. The second kappa shape index (κ2) is 4.33. The molecule has 0 unspecified atom stereocenters. The molecule has 0 aliphatic heterocycles. The van der Waals surface area contributed by atoms with E-state index in [0.29, 0.717) is 12.8 Å². The van der Waals surface area contributed by atoms with E-state index in [9.17, 15) is 14.9 Å². The van der Waals surface area contributed by atoms with Gasteiger partial charge in [-0.1, -0.05) is 6.07 Å². The minimum absolute atomic E-state index is 0.126. The van der Waals surface area contributed by atoms with Gasteiger partial charge in [0.2, 0.25) is 6.54 Å². The third-order valence-electron chi connectivity index (χ3n) is 3.12. The number of carbonyl (C=O) groups excluding carboxylic acids is 1. The lowest BCUT2D eigenvalue weighted by atomic mass is 9.72. The summed E-state index contributed by atoms with van der Waals surface area (Å²) in [7, 11) is 0. The fraction of sp³-hybridized carbons (Fsp3) is 0.545. The smallest absolute Gasteiger partial charge is 0.214 e. The van der Waals surface area contributed by atoms with Crippen molar-refractivity contribution in [3.8, 4) is 0 Å². The van der Waals surface area contributed by atoms with E-state index in [1.807, 2.05) is 17.5 Å². The fourth-order valence-electron chi connectivity index (χ4n) is 2.43. The highest BCUT2D eigenvalue weighted by molar-refractivity contribution is 7.10. The topological polar surface area (TPSA) is 60.2 Å². The summed E-state index contributed by atoms with van der Waals surface area (Å²) in [5, 5.41) is 12.7. The van der Waals surface area contributed by atoms with E-state index in [2.05, 4.69) is 0 Å². The zero-order chi connectivity index (χ0) is 11.6. The molecule has 0 N–H and O–H groups in total. The lowest BCUT2D eigenvalue weighted by Crippen LogP contribution is -2.38. The number of rotatable bonds is 3. The van der Waals surface area contributed by atoms with Crippen LogP contribution in [0.25, 0.3) is 0 Å². The Labute approximate surface area is 97.4 Å². The maximum Gasteiger partial charge on any atom is 0.214 e. The maximum atomic E-state index is 11.5. The molecule has 0 radical (unpaired) electrons. The van der Waals surface area contributed by atoms with Gasteiger partial charge in [0.15, 0.2) is 0 Å². The summed E-state index contributed by atoms with van der Waals surface area (Å²) in [6.45, 7) is -0.126. The molecular weight excluding hydrogens is 226 g/mol. The summed E-state index contributed by atoms with van der Waals surface area (Å²) >= 11 is 1.52. The van der Waals surface area contributed by atoms with Crippen LogP contribution in [0.5, 0.6) is 0 Å². The van der Waals surface area contributed by atoms with Crippen molar-refractivity contribution in [2.24, 2.45) is 0 Å². The molecule has 1 aromatic heterocycles. The Morgan fingerprint density at radius 2 is 2.38 bits per heavy atom. The molecule has 5 heteroatoms. The van der Waals surface area contributed by atoms with E-state index in [4.69, 9.17) is 0 Å². The van der Waals surface area contributed by atoms with E-state index in [1.165, 1.54) is 11.3 Å². The van der Waals surface area contributed by atoms with Crippen molar-refractivity contribution in [3.05, 3.63) is 32.5 Å². The monoisotopic (exact) mass is 239 g/mol. The summed E-state index contributed by atoms with van der Waals surface area (Å²) in [5.74, 6) is 0.154. The Balaban J connectivity index is 2.32.